The van der Waals surface area contributed by atoms with Crippen molar-refractivity contribution in [3.8, 4) is 5.75 Å². The number of hydrogen-bond acceptors (Lipinski definition) is 4. The van der Waals surface area contributed by atoms with Gasteiger partial charge in [0.1, 0.15) is 5.75 Å². The van der Waals surface area contributed by atoms with E-state index in [2.05, 4.69) is 0 Å². The first kappa shape index (κ1) is 13.4. The lowest BCUT2D eigenvalue weighted by molar-refractivity contribution is -0.134. The van der Waals surface area contributed by atoms with Crippen LogP contribution in [0.3, 0.4) is 0 Å². The lowest BCUT2D eigenvalue weighted by atomic mass is 10.1. The molecule has 5 heteroatoms. The number of aliphatic carboxylic acids is 1. The highest BCUT2D eigenvalue weighted by molar-refractivity contribution is 5.62. The summed E-state index contributed by atoms with van der Waals surface area (Å²) in [7, 11) is 0. The third-order valence-electron chi connectivity index (χ3n) is 1.48. The standard InChI is InChI=1S/C8H11NO2.C2H4O2/c9-5-8(11)6-2-1-3-7(10)4-6;1-2(3)4/h1-4,8,10-11H,5,9H2;1H3,(H,3,4). The molecule has 1 atom stereocenters. The van der Waals surface area contributed by atoms with E-state index in [4.69, 9.17) is 20.7 Å². The van der Waals surface area contributed by atoms with Crippen LogP contribution in [0.5, 0.6) is 5.75 Å². The Labute approximate surface area is 87.8 Å². The molecule has 5 nitrogen and oxygen atoms in total. The number of phenolic OH excluding ortho intramolecular Hbond substituents is 1. The molecule has 0 saturated carbocycles. The molecule has 0 amide bonds. The van der Waals surface area contributed by atoms with Crippen LogP contribution in [0.2, 0.25) is 0 Å². The van der Waals surface area contributed by atoms with Gasteiger partial charge in [-0.15, -0.1) is 0 Å². The highest BCUT2D eigenvalue weighted by Crippen LogP contribution is 2.16. The molecule has 15 heavy (non-hydrogen) atoms. The Balaban J connectivity index is 0.000000423. The molecule has 0 aromatic heterocycles. The van der Waals surface area contributed by atoms with Gasteiger partial charge in [0, 0.05) is 13.5 Å². The zero-order valence-electron chi connectivity index (χ0n) is 8.42. The first-order valence-corrected chi connectivity index (χ1v) is 4.34. The SMILES string of the molecule is CC(=O)O.NCC(O)c1cccc(O)c1. The molecule has 0 saturated heterocycles. The minimum atomic E-state index is -0.833. The van der Waals surface area contributed by atoms with Crippen molar-refractivity contribution < 1.29 is 20.1 Å². The van der Waals surface area contributed by atoms with E-state index < -0.39 is 12.1 Å². The van der Waals surface area contributed by atoms with Crippen molar-refractivity contribution in [2.45, 2.75) is 13.0 Å². The Kier molecular flexibility index (Phi) is 6.08. The quantitative estimate of drug-likeness (QED) is 0.572. The minimum absolute atomic E-state index is 0.148. The van der Waals surface area contributed by atoms with Crippen LogP contribution in [0.15, 0.2) is 24.3 Å². The van der Waals surface area contributed by atoms with Crippen LogP contribution in [0.4, 0.5) is 0 Å². The van der Waals surface area contributed by atoms with E-state index in [1.54, 1.807) is 18.2 Å². The predicted molar refractivity (Wildman–Crippen MR) is 55.4 cm³/mol. The average molecular weight is 213 g/mol. The van der Waals surface area contributed by atoms with Crippen molar-refractivity contribution in [2.24, 2.45) is 5.73 Å². The third kappa shape index (κ3) is 6.48. The zero-order chi connectivity index (χ0) is 11.8. The lowest BCUT2D eigenvalue weighted by Gasteiger charge is -2.06. The van der Waals surface area contributed by atoms with Crippen molar-refractivity contribution >= 4 is 5.97 Å². The highest BCUT2D eigenvalue weighted by atomic mass is 16.4. The van der Waals surface area contributed by atoms with Crippen molar-refractivity contribution in [1.29, 1.82) is 0 Å². The first-order valence-electron chi connectivity index (χ1n) is 4.34. The lowest BCUT2D eigenvalue weighted by Crippen LogP contribution is -2.11. The number of carbonyl (C=O) groups is 1. The summed E-state index contributed by atoms with van der Waals surface area (Å²) in [5.41, 5.74) is 5.87. The average Bonchev–Trinajstić information content (AvgIpc) is 2.16. The Morgan fingerprint density at radius 3 is 2.47 bits per heavy atom. The summed E-state index contributed by atoms with van der Waals surface area (Å²) < 4.78 is 0. The zero-order valence-corrected chi connectivity index (χ0v) is 8.42. The van der Waals surface area contributed by atoms with E-state index in [-0.39, 0.29) is 12.3 Å². The number of rotatable bonds is 2. The van der Waals surface area contributed by atoms with Gasteiger partial charge in [-0.1, -0.05) is 12.1 Å². The van der Waals surface area contributed by atoms with Gasteiger partial charge in [-0.25, -0.2) is 0 Å². The molecule has 0 spiro atoms. The molecular weight excluding hydrogens is 198 g/mol. The largest absolute Gasteiger partial charge is 0.508 e. The fourth-order valence-corrected chi connectivity index (χ4v) is 0.868. The molecule has 0 aliphatic rings. The van der Waals surface area contributed by atoms with Gasteiger partial charge in [-0.05, 0) is 17.7 Å². The summed E-state index contributed by atoms with van der Waals surface area (Å²) in [6.07, 6.45) is -0.679. The van der Waals surface area contributed by atoms with Crippen molar-refractivity contribution in [2.75, 3.05) is 6.54 Å². The predicted octanol–water partition coefficient (Wildman–Crippen LogP) is 0.475. The van der Waals surface area contributed by atoms with Crippen LogP contribution >= 0.6 is 0 Å². The topological polar surface area (TPSA) is 104 Å². The monoisotopic (exact) mass is 213 g/mol. The summed E-state index contributed by atoms with van der Waals surface area (Å²) in [5.74, 6) is -0.685. The summed E-state index contributed by atoms with van der Waals surface area (Å²) >= 11 is 0. The van der Waals surface area contributed by atoms with E-state index in [1.807, 2.05) is 0 Å². The molecule has 1 aromatic rings. The summed E-state index contributed by atoms with van der Waals surface area (Å²) in [6, 6.07) is 6.44. The second-order valence-electron chi connectivity index (χ2n) is 2.87. The second kappa shape index (κ2) is 6.80. The highest BCUT2D eigenvalue weighted by Gasteiger charge is 2.03. The summed E-state index contributed by atoms with van der Waals surface area (Å²) in [5, 5.41) is 25.6. The molecule has 1 unspecified atom stereocenters. The van der Waals surface area contributed by atoms with Gasteiger partial charge in [0.25, 0.3) is 5.97 Å². The number of aliphatic hydroxyl groups is 1. The van der Waals surface area contributed by atoms with Gasteiger partial charge >= 0.3 is 0 Å². The number of aliphatic hydroxyl groups excluding tert-OH is 1. The van der Waals surface area contributed by atoms with Gasteiger partial charge in [-0.2, -0.15) is 0 Å². The Bertz CT molecular complexity index is 310. The molecule has 0 heterocycles. The molecule has 84 valence electrons. The molecule has 0 aliphatic carbocycles. The van der Waals surface area contributed by atoms with Crippen LogP contribution in [0, 0.1) is 0 Å². The van der Waals surface area contributed by atoms with Crippen LogP contribution in [0.1, 0.15) is 18.6 Å². The van der Waals surface area contributed by atoms with Crippen molar-refractivity contribution in [1.82, 2.24) is 0 Å². The number of carboxylic acid groups (broad SMARTS) is 1. The molecule has 5 N–H and O–H groups in total. The normalized spacial score (nSPS) is 11.1. The Morgan fingerprint density at radius 2 is 2.07 bits per heavy atom. The molecule has 0 fully saturated rings. The molecular formula is C10H15NO4. The fourth-order valence-electron chi connectivity index (χ4n) is 0.868. The number of nitrogens with two attached hydrogens (primary N) is 1. The number of benzene rings is 1. The number of hydrogen-bond donors (Lipinski definition) is 4. The molecule has 0 aliphatic heterocycles. The van der Waals surface area contributed by atoms with Crippen LogP contribution in [0.25, 0.3) is 0 Å². The summed E-state index contributed by atoms with van der Waals surface area (Å²) in [6.45, 7) is 1.25. The fraction of sp³-hybridized carbons (Fsp3) is 0.300. The van der Waals surface area contributed by atoms with Gasteiger partial charge < -0.3 is 21.1 Å². The molecule has 1 aromatic carbocycles. The maximum Gasteiger partial charge on any atom is 0.300 e. The minimum Gasteiger partial charge on any atom is -0.508 e. The van der Waals surface area contributed by atoms with Crippen LogP contribution < -0.4 is 5.73 Å². The van der Waals surface area contributed by atoms with Gasteiger partial charge in [0.05, 0.1) is 6.10 Å². The summed E-state index contributed by atoms with van der Waals surface area (Å²) in [4.78, 5) is 9.00. The third-order valence-corrected chi connectivity index (χ3v) is 1.48. The molecule has 0 radical (unpaired) electrons. The molecule has 0 bridgehead atoms. The van der Waals surface area contributed by atoms with E-state index >= 15 is 0 Å². The first-order chi connectivity index (χ1) is 6.97. The Hall–Kier alpha value is -1.59. The van der Waals surface area contributed by atoms with Crippen LogP contribution in [-0.2, 0) is 4.79 Å². The van der Waals surface area contributed by atoms with Crippen LogP contribution in [-0.4, -0.2) is 27.8 Å². The second-order valence-corrected chi connectivity index (χ2v) is 2.87. The van der Waals surface area contributed by atoms with Gasteiger partial charge in [0.15, 0.2) is 0 Å². The number of phenols is 1. The maximum absolute atomic E-state index is 9.22. The number of aromatic hydroxyl groups is 1. The number of carboxylic acids is 1. The van der Waals surface area contributed by atoms with E-state index in [1.165, 1.54) is 6.07 Å². The maximum atomic E-state index is 9.22. The van der Waals surface area contributed by atoms with Gasteiger partial charge in [-0.3, -0.25) is 4.79 Å². The Morgan fingerprint density at radius 1 is 1.53 bits per heavy atom. The van der Waals surface area contributed by atoms with Crippen molar-refractivity contribution in [3.63, 3.8) is 0 Å². The van der Waals surface area contributed by atoms with E-state index in [0.29, 0.717) is 5.56 Å². The molecule has 1 rings (SSSR count). The smallest absolute Gasteiger partial charge is 0.300 e. The van der Waals surface area contributed by atoms with Crippen molar-refractivity contribution in [3.05, 3.63) is 29.8 Å². The van der Waals surface area contributed by atoms with E-state index in [0.717, 1.165) is 6.92 Å². The van der Waals surface area contributed by atoms with E-state index in [9.17, 15) is 5.11 Å². The van der Waals surface area contributed by atoms with Gasteiger partial charge in [0.2, 0.25) is 0 Å².